The molecule has 0 aliphatic heterocycles. The van der Waals surface area contributed by atoms with Gasteiger partial charge in [-0.05, 0) is 58.5 Å². The molecule has 1 unspecified atom stereocenters. The lowest BCUT2D eigenvalue weighted by Gasteiger charge is -2.17. The van der Waals surface area contributed by atoms with Gasteiger partial charge in [0.05, 0.1) is 12.6 Å². The molecule has 2 nitrogen and oxygen atoms in total. The Bertz CT molecular complexity index is 526. The van der Waals surface area contributed by atoms with E-state index < -0.39 is 0 Å². The molecule has 0 amide bonds. The average Bonchev–Trinajstić information content (AvgIpc) is 2.84. The molecule has 102 valence electrons. The summed E-state index contributed by atoms with van der Waals surface area (Å²) >= 11 is 5.36. The summed E-state index contributed by atoms with van der Waals surface area (Å²) in [4.78, 5) is 1.29. The van der Waals surface area contributed by atoms with Gasteiger partial charge in [-0.2, -0.15) is 0 Å². The SMILES string of the molecule is CCCOc1cccc(C(NC)c2sccc2Br)c1. The molecule has 4 heteroatoms. The minimum Gasteiger partial charge on any atom is -0.494 e. The number of benzene rings is 1. The minimum absolute atomic E-state index is 0.194. The standard InChI is InChI=1S/C15H18BrNOS/c1-3-8-18-12-6-4-5-11(10-12)14(17-2)15-13(16)7-9-19-15/h4-7,9-10,14,17H,3,8H2,1-2H3. The van der Waals surface area contributed by atoms with E-state index in [1.54, 1.807) is 11.3 Å². The van der Waals surface area contributed by atoms with Crippen molar-refractivity contribution in [1.82, 2.24) is 5.32 Å². The molecule has 1 aromatic heterocycles. The van der Waals surface area contributed by atoms with Gasteiger partial charge in [-0.1, -0.05) is 19.1 Å². The molecule has 2 rings (SSSR count). The number of thiophene rings is 1. The third-order valence-electron chi connectivity index (χ3n) is 2.86. The molecule has 0 radical (unpaired) electrons. The zero-order valence-corrected chi connectivity index (χ0v) is 13.6. The lowest BCUT2D eigenvalue weighted by Crippen LogP contribution is -2.16. The van der Waals surface area contributed by atoms with Crippen LogP contribution in [-0.4, -0.2) is 13.7 Å². The number of hydrogen-bond acceptors (Lipinski definition) is 3. The van der Waals surface area contributed by atoms with E-state index in [0.29, 0.717) is 0 Å². The molecule has 0 spiro atoms. The highest BCUT2D eigenvalue weighted by Crippen LogP contribution is 2.33. The molecule has 1 aromatic carbocycles. The molecule has 2 aromatic rings. The van der Waals surface area contributed by atoms with E-state index in [-0.39, 0.29) is 6.04 Å². The summed E-state index contributed by atoms with van der Waals surface area (Å²) in [6, 6.07) is 10.6. The van der Waals surface area contributed by atoms with Crippen molar-refractivity contribution in [2.75, 3.05) is 13.7 Å². The van der Waals surface area contributed by atoms with E-state index in [1.807, 2.05) is 19.2 Å². The third-order valence-corrected chi connectivity index (χ3v) is 4.80. The molecule has 0 aliphatic rings. The zero-order chi connectivity index (χ0) is 13.7. The van der Waals surface area contributed by atoms with Crippen LogP contribution in [0, 0.1) is 0 Å². The van der Waals surface area contributed by atoms with Crippen LogP contribution < -0.4 is 10.1 Å². The Labute approximate surface area is 126 Å². The Balaban J connectivity index is 2.26. The van der Waals surface area contributed by atoms with Crippen molar-refractivity contribution in [3.8, 4) is 5.75 Å². The van der Waals surface area contributed by atoms with Crippen molar-refractivity contribution in [3.05, 3.63) is 50.6 Å². The normalized spacial score (nSPS) is 12.4. The summed E-state index contributed by atoms with van der Waals surface area (Å²) in [7, 11) is 1.98. The zero-order valence-electron chi connectivity index (χ0n) is 11.2. The van der Waals surface area contributed by atoms with E-state index in [4.69, 9.17) is 4.74 Å². The Morgan fingerprint density at radius 2 is 2.21 bits per heavy atom. The first-order valence-corrected chi connectivity index (χ1v) is 8.06. The first-order chi connectivity index (χ1) is 9.26. The van der Waals surface area contributed by atoms with E-state index in [9.17, 15) is 0 Å². The molecular formula is C15H18BrNOS. The van der Waals surface area contributed by atoms with Crippen LogP contribution in [0.5, 0.6) is 5.75 Å². The van der Waals surface area contributed by atoms with Gasteiger partial charge in [0.15, 0.2) is 0 Å². The van der Waals surface area contributed by atoms with Crippen LogP contribution >= 0.6 is 27.3 Å². The van der Waals surface area contributed by atoms with Crippen molar-refractivity contribution < 1.29 is 4.74 Å². The van der Waals surface area contributed by atoms with Crippen molar-refractivity contribution in [2.24, 2.45) is 0 Å². The monoisotopic (exact) mass is 339 g/mol. The minimum atomic E-state index is 0.194. The smallest absolute Gasteiger partial charge is 0.119 e. The second kappa shape index (κ2) is 7.08. The highest BCUT2D eigenvalue weighted by molar-refractivity contribution is 9.10. The Morgan fingerprint density at radius 3 is 2.84 bits per heavy atom. The topological polar surface area (TPSA) is 21.3 Å². The van der Waals surface area contributed by atoms with Crippen LogP contribution in [0.3, 0.4) is 0 Å². The Hall–Kier alpha value is -0.840. The van der Waals surface area contributed by atoms with Crippen LogP contribution in [0.1, 0.15) is 29.8 Å². The fourth-order valence-corrected chi connectivity index (χ4v) is 3.70. The molecule has 1 N–H and O–H groups in total. The van der Waals surface area contributed by atoms with Crippen LogP contribution in [0.15, 0.2) is 40.2 Å². The predicted octanol–water partition coefficient (Wildman–Crippen LogP) is 4.61. The third kappa shape index (κ3) is 3.59. The van der Waals surface area contributed by atoms with Crippen molar-refractivity contribution in [2.45, 2.75) is 19.4 Å². The first-order valence-electron chi connectivity index (χ1n) is 6.39. The van der Waals surface area contributed by atoms with Gasteiger partial charge in [0, 0.05) is 9.35 Å². The molecule has 0 bridgehead atoms. The number of hydrogen-bond donors (Lipinski definition) is 1. The van der Waals surface area contributed by atoms with Gasteiger partial charge in [-0.15, -0.1) is 11.3 Å². The van der Waals surface area contributed by atoms with E-state index in [0.717, 1.165) is 23.2 Å². The fraction of sp³-hybridized carbons (Fsp3) is 0.333. The largest absolute Gasteiger partial charge is 0.494 e. The number of rotatable bonds is 6. The number of nitrogens with one attached hydrogen (secondary N) is 1. The van der Waals surface area contributed by atoms with Crippen LogP contribution in [0.25, 0.3) is 0 Å². The van der Waals surface area contributed by atoms with Crippen molar-refractivity contribution in [1.29, 1.82) is 0 Å². The van der Waals surface area contributed by atoms with Gasteiger partial charge in [-0.3, -0.25) is 0 Å². The number of ether oxygens (including phenoxy) is 1. The predicted molar refractivity (Wildman–Crippen MR) is 85.1 cm³/mol. The van der Waals surface area contributed by atoms with Crippen molar-refractivity contribution in [3.63, 3.8) is 0 Å². The maximum absolute atomic E-state index is 5.70. The fourth-order valence-electron chi connectivity index (χ4n) is 1.96. The summed E-state index contributed by atoms with van der Waals surface area (Å²) < 4.78 is 6.85. The van der Waals surface area contributed by atoms with Crippen LogP contribution in [-0.2, 0) is 0 Å². The molecule has 0 saturated heterocycles. The molecule has 0 fully saturated rings. The summed E-state index contributed by atoms with van der Waals surface area (Å²) in [5, 5.41) is 5.47. The van der Waals surface area contributed by atoms with E-state index >= 15 is 0 Å². The maximum atomic E-state index is 5.70. The second-order valence-electron chi connectivity index (χ2n) is 4.28. The van der Waals surface area contributed by atoms with Gasteiger partial charge in [0.2, 0.25) is 0 Å². The van der Waals surface area contributed by atoms with Crippen LogP contribution in [0.4, 0.5) is 0 Å². The maximum Gasteiger partial charge on any atom is 0.119 e. The van der Waals surface area contributed by atoms with Gasteiger partial charge >= 0.3 is 0 Å². The molecule has 0 saturated carbocycles. The molecule has 0 aliphatic carbocycles. The highest BCUT2D eigenvalue weighted by atomic mass is 79.9. The van der Waals surface area contributed by atoms with E-state index in [2.05, 4.69) is 51.7 Å². The molecule has 1 atom stereocenters. The lowest BCUT2D eigenvalue weighted by atomic mass is 10.1. The second-order valence-corrected chi connectivity index (χ2v) is 6.08. The quantitative estimate of drug-likeness (QED) is 0.829. The number of halogens is 1. The average molecular weight is 340 g/mol. The van der Waals surface area contributed by atoms with Gasteiger partial charge in [0.1, 0.15) is 5.75 Å². The van der Waals surface area contributed by atoms with Gasteiger partial charge in [0.25, 0.3) is 0 Å². The summed E-state index contributed by atoms with van der Waals surface area (Å²) in [6.07, 6.45) is 1.02. The van der Waals surface area contributed by atoms with Gasteiger partial charge < -0.3 is 10.1 Å². The Kier molecular flexibility index (Phi) is 5.43. The summed E-state index contributed by atoms with van der Waals surface area (Å²) in [5.74, 6) is 0.937. The summed E-state index contributed by atoms with van der Waals surface area (Å²) in [5.41, 5.74) is 1.22. The summed E-state index contributed by atoms with van der Waals surface area (Å²) in [6.45, 7) is 2.87. The highest BCUT2D eigenvalue weighted by Gasteiger charge is 2.16. The molecular weight excluding hydrogens is 322 g/mol. The van der Waals surface area contributed by atoms with Crippen molar-refractivity contribution >= 4 is 27.3 Å². The Morgan fingerprint density at radius 1 is 1.37 bits per heavy atom. The lowest BCUT2D eigenvalue weighted by molar-refractivity contribution is 0.317. The van der Waals surface area contributed by atoms with Gasteiger partial charge in [-0.25, -0.2) is 0 Å². The molecule has 19 heavy (non-hydrogen) atoms. The first kappa shape index (κ1) is 14.6. The van der Waals surface area contributed by atoms with Crippen LogP contribution in [0.2, 0.25) is 0 Å². The molecule has 1 heterocycles. The van der Waals surface area contributed by atoms with E-state index in [1.165, 1.54) is 10.4 Å².